The molecular weight excluding hydrogens is 434 g/mol. The molecule has 0 amide bonds. The summed E-state index contributed by atoms with van der Waals surface area (Å²) in [6.45, 7) is 5.57. The molecule has 0 radical (unpaired) electrons. The van der Waals surface area contributed by atoms with E-state index in [0.29, 0.717) is 23.0 Å². The van der Waals surface area contributed by atoms with Crippen molar-refractivity contribution in [2.24, 2.45) is 0 Å². The van der Waals surface area contributed by atoms with Gasteiger partial charge in [-0.2, -0.15) is 4.98 Å². The van der Waals surface area contributed by atoms with E-state index >= 15 is 0 Å². The number of rotatable bonds is 5. The minimum Gasteiger partial charge on any atom is -0.458 e. The first-order chi connectivity index (χ1) is 14.1. The normalized spacial score (nSPS) is 15.4. The number of hydrogen-bond acceptors (Lipinski definition) is 6. The molecule has 2 aromatic heterocycles. The summed E-state index contributed by atoms with van der Waals surface area (Å²) in [7, 11) is 0. The van der Waals surface area contributed by atoms with Gasteiger partial charge in [0, 0.05) is 28.1 Å². The maximum Gasteiger partial charge on any atom is 0.338 e. The van der Waals surface area contributed by atoms with E-state index in [0.717, 1.165) is 15.6 Å². The van der Waals surface area contributed by atoms with Gasteiger partial charge in [-0.1, -0.05) is 40.7 Å². The van der Waals surface area contributed by atoms with Gasteiger partial charge in [-0.25, -0.2) is 9.48 Å². The molecular formula is C21H18BrN5O2. The van der Waals surface area contributed by atoms with Crippen LogP contribution < -0.4 is 5.32 Å². The molecule has 0 spiro atoms. The zero-order chi connectivity index (χ0) is 20.4. The number of halogens is 1. The Morgan fingerprint density at radius 2 is 2.24 bits per heavy atom. The Morgan fingerprint density at radius 3 is 2.97 bits per heavy atom. The Balaban J connectivity index is 1.85. The highest BCUT2D eigenvalue weighted by Gasteiger charge is 2.35. The molecule has 0 saturated carbocycles. The lowest BCUT2D eigenvalue weighted by Crippen LogP contribution is -2.29. The smallest absolute Gasteiger partial charge is 0.338 e. The Bertz CT molecular complexity index is 1110. The van der Waals surface area contributed by atoms with E-state index in [9.17, 15) is 4.79 Å². The maximum absolute atomic E-state index is 12.9. The minimum atomic E-state index is -0.487. The van der Waals surface area contributed by atoms with Gasteiger partial charge in [-0.3, -0.25) is 4.98 Å². The van der Waals surface area contributed by atoms with Crippen LogP contribution in [-0.4, -0.2) is 32.3 Å². The fraction of sp³-hybridized carbons (Fsp3) is 0.143. The topological polar surface area (TPSA) is 81.9 Å². The van der Waals surface area contributed by atoms with Crippen molar-refractivity contribution in [2.75, 3.05) is 11.9 Å². The number of carbonyl (C=O) groups excluding carboxylic acids is 1. The van der Waals surface area contributed by atoms with Gasteiger partial charge in [0.2, 0.25) is 5.95 Å². The summed E-state index contributed by atoms with van der Waals surface area (Å²) in [5, 5.41) is 7.86. The Morgan fingerprint density at radius 1 is 1.38 bits per heavy atom. The van der Waals surface area contributed by atoms with Gasteiger partial charge in [-0.05, 0) is 36.8 Å². The van der Waals surface area contributed by atoms with Gasteiger partial charge in [-0.15, -0.1) is 5.10 Å². The molecule has 1 N–H and O–H groups in total. The van der Waals surface area contributed by atoms with Crippen molar-refractivity contribution in [3.8, 4) is 11.4 Å². The van der Waals surface area contributed by atoms with Crippen molar-refractivity contribution < 1.29 is 9.53 Å². The van der Waals surface area contributed by atoms with Crippen LogP contribution in [-0.2, 0) is 9.53 Å². The zero-order valence-electron chi connectivity index (χ0n) is 15.7. The second-order valence-electron chi connectivity index (χ2n) is 6.45. The van der Waals surface area contributed by atoms with E-state index in [1.165, 1.54) is 0 Å². The quantitative estimate of drug-likeness (QED) is 0.463. The first kappa shape index (κ1) is 19.1. The van der Waals surface area contributed by atoms with Crippen molar-refractivity contribution in [2.45, 2.75) is 13.0 Å². The molecule has 3 aromatic rings. The highest BCUT2D eigenvalue weighted by atomic mass is 79.9. The van der Waals surface area contributed by atoms with Gasteiger partial charge >= 0.3 is 5.97 Å². The summed E-state index contributed by atoms with van der Waals surface area (Å²) in [5.41, 5.74) is 2.81. The molecule has 1 aliphatic rings. The molecule has 3 heterocycles. The number of aromatic nitrogens is 4. The third-order valence-electron chi connectivity index (χ3n) is 4.49. The average molecular weight is 452 g/mol. The molecule has 0 saturated heterocycles. The maximum atomic E-state index is 12.9. The van der Waals surface area contributed by atoms with Crippen molar-refractivity contribution in [1.29, 1.82) is 0 Å². The summed E-state index contributed by atoms with van der Waals surface area (Å²) in [5.74, 6) is 0.643. The number of allylic oxidation sites excluding steroid dienone is 1. The fourth-order valence-electron chi connectivity index (χ4n) is 3.23. The highest BCUT2D eigenvalue weighted by molar-refractivity contribution is 9.10. The van der Waals surface area contributed by atoms with Crippen LogP contribution in [0.2, 0.25) is 0 Å². The summed E-state index contributed by atoms with van der Waals surface area (Å²) in [6.07, 6.45) is 4.94. The van der Waals surface area contributed by atoms with Crippen LogP contribution in [0.1, 0.15) is 18.5 Å². The third kappa shape index (κ3) is 3.71. The summed E-state index contributed by atoms with van der Waals surface area (Å²) in [6, 6.07) is 11.0. The Hall–Kier alpha value is -3.26. The molecule has 1 aliphatic heterocycles. The number of pyridine rings is 1. The molecule has 0 aliphatic carbocycles. The SMILES string of the molecule is C=CCOC(=O)C1=C(C)Nc2nc(-c3cccnc3)nn2C1c1cccc(Br)c1. The van der Waals surface area contributed by atoms with Crippen LogP contribution in [0.25, 0.3) is 11.4 Å². The number of ether oxygens (including phenoxy) is 1. The first-order valence-electron chi connectivity index (χ1n) is 8.96. The Labute approximate surface area is 176 Å². The number of anilines is 1. The molecule has 1 aromatic carbocycles. The molecule has 4 rings (SSSR count). The standard InChI is InChI=1S/C21H18BrN5O2/c1-3-10-29-20(28)17-13(2)24-21-25-19(15-7-5-9-23-12-15)26-27(21)18(17)14-6-4-8-16(22)11-14/h3-9,11-12,18H,1,10H2,2H3,(H,24,25,26). The highest BCUT2D eigenvalue weighted by Crippen LogP contribution is 2.37. The number of benzene rings is 1. The van der Waals surface area contributed by atoms with Gasteiger partial charge in [0.25, 0.3) is 0 Å². The van der Waals surface area contributed by atoms with Gasteiger partial charge in [0.1, 0.15) is 12.6 Å². The third-order valence-corrected chi connectivity index (χ3v) is 4.98. The molecule has 0 bridgehead atoms. The molecule has 0 fully saturated rings. The predicted molar refractivity (Wildman–Crippen MR) is 113 cm³/mol. The van der Waals surface area contributed by atoms with Crippen LogP contribution in [0.5, 0.6) is 0 Å². The number of nitrogens with one attached hydrogen (secondary N) is 1. The van der Waals surface area contributed by atoms with Crippen molar-refractivity contribution in [1.82, 2.24) is 19.7 Å². The zero-order valence-corrected chi connectivity index (χ0v) is 17.3. The Kier molecular flexibility index (Phi) is 5.26. The average Bonchev–Trinajstić information content (AvgIpc) is 3.15. The van der Waals surface area contributed by atoms with E-state index in [4.69, 9.17) is 4.74 Å². The van der Waals surface area contributed by atoms with E-state index in [1.54, 1.807) is 23.2 Å². The predicted octanol–water partition coefficient (Wildman–Crippen LogP) is 4.12. The van der Waals surface area contributed by atoms with E-state index in [-0.39, 0.29) is 6.61 Å². The fourth-order valence-corrected chi connectivity index (χ4v) is 3.65. The molecule has 29 heavy (non-hydrogen) atoms. The van der Waals surface area contributed by atoms with Crippen molar-refractivity contribution in [3.05, 3.63) is 82.8 Å². The van der Waals surface area contributed by atoms with Crippen LogP contribution >= 0.6 is 15.9 Å². The molecule has 8 heteroatoms. The lowest BCUT2D eigenvalue weighted by atomic mass is 9.96. The molecule has 1 atom stereocenters. The van der Waals surface area contributed by atoms with Gasteiger partial charge in [0.15, 0.2) is 5.82 Å². The largest absolute Gasteiger partial charge is 0.458 e. The molecule has 1 unspecified atom stereocenters. The lowest BCUT2D eigenvalue weighted by molar-refractivity contribution is -0.138. The number of carbonyl (C=O) groups is 1. The second kappa shape index (κ2) is 8.00. The van der Waals surface area contributed by atoms with E-state index < -0.39 is 12.0 Å². The monoisotopic (exact) mass is 451 g/mol. The van der Waals surface area contributed by atoms with Crippen molar-refractivity contribution >= 4 is 27.8 Å². The van der Waals surface area contributed by atoms with Crippen molar-refractivity contribution in [3.63, 3.8) is 0 Å². The first-order valence-corrected chi connectivity index (χ1v) is 9.76. The van der Waals surface area contributed by atoms with Crippen LogP contribution in [0, 0.1) is 0 Å². The number of esters is 1. The van der Waals surface area contributed by atoms with E-state index in [1.807, 2.05) is 43.3 Å². The summed E-state index contributed by atoms with van der Waals surface area (Å²) in [4.78, 5) is 21.6. The van der Waals surface area contributed by atoms with Gasteiger partial charge in [0.05, 0.1) is 5.57 Å². The second-order valence-corrected chi connectivity index (χ2v) is 7.37. The number of hydrogen-bond donors (Lipinski definition) is 1. The van der Waals surface area contributed by atoms with Crippen LogP contribution in [0.15, 0.2) is 77.2 Å². The number of nitrogens with zero attached hydrogens (tertiary/aromatic N) is 4. The van der Waals surface area contributed by atoms with Crippen LogP contribution in [0.3, 0.4) is 0 Å². The van der Waals surface area contributed by atoms with Crippen LogP contribution in [0.4, 0.5) is 5.95 Å². The number of fused-ring (bicyclic) bond motifs is 1. The summed E-state index contributed by atoms with van der Waals surface area (Å²) < 4.78 is 7.96. The lowest BCUT2D eigenvalue weighted by Gasteiger charge is -2.28. The van der Waals surface area contributed by atoms with E-state index in [2.05, 4.69) is 42.9 Å². The van der Waals surface area contributed by atoms with Gasteiger partial charge < -0.3 is 10.1 Å². The molecule has 7 nitrogen and oxygen atoms in total. The summed E-state index contributed by atoms with van der Waals surface area (Å²) >= 11 is 3.51. The molecule has 146 valence electrons. The minimum absolute atomic E-state index is 0.131.